The van der Waals surface area contributed by atoms with Gasteiger partial charge in [-0.15, -0.1) is 0 Å². The minimum atomic E-state index is -0.520. The van der Waals surface area contributed by atoms with E-state index in [4.69, 9.17) is 0 Å². The van der Waals surface area contributed by atoms with Crippen LogP contribution in [0.15, 0.2) is 0 Å². The quantitative estimate of drug-likeness (QED) is 0.473. The third-order valence-electron chi connectivity index (χ3n) is 2.36. The van der Waals surface area contributed by atoms with Crippen LogP contribution < -0.4 is 0 Å². The van der Waals surface area contributed by atoms with Crippen LogP contribution in [0.2, 0.25) is 0 Å². The summed E-state index contributed by atoms with van der Waals surface area (Å²) in [5.74, 6) is 0.942. The van der Waals surface area contributed by atoms with Gasteiger partial charge in [0.05, 0.1) is 0 Å². The first-order valence-corrected chi connectivity index (χ1v) is 3.84. The SMILES string of the molecule is CC1CCC(C)[C@@H](F)C1. The van der Waals surface area contributed by atoms with E-state index in [0.29, 0.717) is 11.8 Å². The lowest BCUT2D eigenvalue weighted by molar-refractivity contribution is 0.145. The maximum atomic E-state index is 12.8. The summed E-state index contributed by atoms with van der Waals surface area (Å²) in [7, 11) is 0. The molecule has 1 aliphatic carbocycles. The lowest BCUT2D eigenvalue weighted by Gasteiger charge is -2.26. The second kappa shape index (κ2) is 2.68. The second-order valence-electron chi connectivity index (χ2n) is 3.41. The molecule has 3 atom stereocenters. The Hall–Kier alpha value is -0.0700. The van der Waals surface area contributed by atoms with Crippen molar-refractivity contribution in [2.75, 3.05) is 0 Å². The van der Waals surface area contributed by atoms with Crippen LogP contribution in [0.3, 0.4) is 0 Å². The van der Waals surface area contributed by atoms with Gasteiger partial charge in [0, 0.05) is 0 Å². The van der Waals surface area contributed by atoms with Gasteiger partial charge in [-0.3, -0.25) is 0 Å². The Morgan fingerprint density at radius 1 is 1.22 bits per heavy atom. The number of halogens is 1. The van der Waals surface area contributed by atoms with Gasteiger partial charge in [0.1, 0.15) is 6.17 Å². The lowest BCUT2D eigenvalue weighted by atomic mass is 9.83. The Labute approximate surface area is 56.5 Å². The highest BCUT2D eigenvalue weighted by Gasteiger charge is 2.24. The zero-order chi connectivity index (χ0) is 6.85. The van der Waals surface area contributed by atoms with Gasteiger partial charge in [0.2, 0.25) is 0 Å². The van der Waals surface area contributed by atoms with Crippen molar-refractivity contribution in [3.63, 3.8) is 0 Å². The normalized spacial score (nSPS) is 45.0. The van der Waals surface area contributed by atoms with Crippen LogP contribution in [0.5, 0.6) is 0 Å². The molecule has 0 radical (unpaired) electrons. The highest BCUT2D eigenvalue weighted by molar-refractivity contribution is 4.74. The van der Waals surface area contributed by atoms with E-state index in [1.807, 2.05) is 6.92 Å². The van der Waals surface area contributed by atoms with Crippen molar-refractivity contribution in [3.8, 4) is 0 Å². The lowest BCUT2D eigenvalue weighted by Crippen LogP contribution is -2.22. The molecule has 1 aliphatic rings. The Morgan fingerprint density at radius 2 is 1.89 bits per heavy atom. The summed E-state index contributed by atoms with van der Waals surface area (Å²) >= 11 is 0. The molecule has 1 saturated carbocycles. The number of rotatable bonds is 0. The molecule has 0 aromatic rings. The molecule has 1 heteroatoms. The largest absolute Gasteiger partial charge is 0.247 e. The topological polar surface area (TPSA) is 0 Å². The summed E-state index contributed by atoms with van der Waals surface area (Å²) in [6.07, 6.45) is 2.58. The molecule has 0 aromatic carbocycles. The van der Waals surface area contributed by atoms with Gasteiger partial charge < -0.3 is 0 Å². The zero-order valence-corrected chi connectivity index (χ0v) is 6.23. The molecule has 1 fully saturated rings. The van der Waals surface area contributed by atoms with Crippen LogP contribution >= 0.6 is 0 Å². The second-order valence-corrected chi connectivity index (χ2v) is 3.41. The number of hydrogen-bond donors (Lipinski definition) is 0. The van der Waals surface area contributed by atoms with Crippen LogP contribution in [-0.2, 0) is 0 Å². The fourth-order valence-corrected chi connectivity index (χ4v) is 1.46. The molecule has 54 valence electrons. The molecule has 9 heavy (non-hydrogen) atoms. The van der Waals surface area contributed by atoms with E-state index in [0.717, 1.165) is 12.8 Å². The van der Waals surface area contributed by atoms with Gasteiger partial charge in [-0.25, -0.2) is 4.39 Å². The summed E-state index contributed by atoms with van der Waals surface area (Å²) in [6.45, 7) is 4.15. The zero-order valence-electron chi connectivity index (χ0n) is 6.23. The Kier molecular flexibility index (Phi) is 2.09. The average Bonchev–Trinajstić information content (AvgIpc) is 1.80. The molecule has 0 saturated heterocycles. The summed E-state index contributed by atoms with van der Waals surface area (Å²) in [5.41, 5.74) is 0. The highest BCUT2D eigenvalue weighted by Crippen LogP contribution is 2.30. The smallest absolute Gasteiger partial charge is 0.103 e. The van der Waals surface area contributed by atoms with Gasteiger partial charge in [-0.05, 0) is 24.7 Å². The van der Waals surface area contributed by atoms with Crippen LogP contribution in [-0.4, -0.2) is 6.17 Å². The third-order valence-corrected chi connectivity index (χ3v) is 2.36. The Balaban J connectivity index is 2.35. The minimum Gasteiger partial charge on any atom is -0.247 e. The van der Waals surface area contributed by atoms with E-state index < -0.39 is 6.17 Å². The van der Waals surface area contributed by atoms with Gasteiger partial charge in [-0.2, -0.15) is 0 Å². The van der Waals surface area contributed by atoms with E-state index >= 15 is 0 Å². The van der Waals surface area contributed by atoms with Gasteiger partial charge in [-0.1, -0.05) is 20.3 Å². The van der Waals surface area contributed by atoms with Crippen molar-refractivity contribution < 1.29 is 4.39 Å². The molecular weight excluding hydrogens is 115 g/mol. The first-order valence-electron chi connectivity index (χ1n) is 3.84. The van der Waals surface area contributed by atoms with Crippen molar-refractivity contribution in [1.29, 1.82) is 0 Å². The van der Waals surface area contributed by atoms with Gasteiger partial charge in [0.25, 0.3) is 0 Å². The third kappa shape index (κ3) is 1.67. The molecule has 0 aliphatic heterocycles. The molecule has 0 N–H and O–H groups in total. The molecule has 0 bridgehead atoms. The summed E-state index contributed by atoms with van der Waals surface area (Å²) in [5, 5.41) is 0. The first-order chi connectivity index (χ1) is 4.20. The highest BCUT2D eigenvalue weighted by atomic mass is 19.1. The summed E-state index contributed by atoms with van der Waals surface area (Å²) < 4.78 is 12.8. The number of alkyl halides is 1. The van der Waals surface area contributed by atoms with E-state index in [-0.39, 0.29) is 0 Å². The fourth-order valence-electron chi connectivity index (χ4n) is 1.46. The Bertz CT molecular complexity index is 90.6. The fraction of sp³-hybridized carbons (Fsp3) is 1.00. The average molecular weight is 130 g/mol. The molecule has 0 nitrogen and oxygen atoms in total. The van der Waals surface area contributed by atoms with Gasteiger partial charge >= 0.3 is 0 Å². The predicted molar refractivity (Wildman–Crippen MR) is 37.1 cm³/mol. The molecule has 0 aromatic heterocycles. The van der Waals surface area contributed by atoms with E-state index in [9.17, 15) is 4.39 Å². The first kappa shape index (κ1) is 7.04. The van der Waals surface area contributed by atoms with Crippen LogP contribution in [0.25, 0.3) is 0 Å². The van der Waals surface area contributed by atoms with Gasteiger partial charge in [0.15, 0.2) is 0 Å². The molecule has 0 heterocycles. The standard InChI is InChI=1S/C8H15F/c1-6-3-4-7(2)8(9)5-6/h6-8H,3-5H2,1-2H3/t6?,7?,8-/m0/s1. The monoisotopic (exact) mass is 130 g/mol. The van der Waals surface area contributed by atoms with Crippen molar-refractivity contribution >= 4 is 0 Å². The molecule has 0 amide bonds. The number of hydrogen-bond acceptors (Lipinski definition) is 0. The summed E-state index contributed by atoms with van der Waals surface area (Å²) in [6, 6.07) is 0. The van der Waals surface area contributed by atoms with Crippen LogP contribution in [0, 0.1) is 11.8 Å². The van der Waals surface area contributed by atoms with Crippen molar-refractivity contribution in [1.82, 2.24) is 0 Å². The summed E-state index contributed by atoms with van der Waals surface area (Å²) in [4.78, 5) is 0. The molecule has 0 spiro atoms. The van der Waals surface area contributed by atoms with Crippen LogP contribution in [0.1, 0.15) is 33.1 Å². The van der Waals surface area contributed by atoms with E-state index in [1.165, 1.54) is 6.42 Å². The van der Waals surface area contributed by atoms with Crippen LogP contribution in [0.4, 0.5) is 4.39 Å². The maximum Gasteiger partial charge on any atom is 0.103 e. The van der Waals surface area contributed by atoms with Crippen molar-refractivity contribution in [2.24, 2.45) is 11.8 Å². The predicted octanol–water partition coefficient (Wildman–Crippen LogP) is 2.78. The van der Waals surface area contributed by atoms with E-state index in [2.05, 4.69) is 6.92 Å². The maximum absolute atomic E-state index is 12.8. The molecule has 2 unspecified atom stereocenters. The van der Waals surface area contributed by atoms with Crippen molar-refractivity contribution in [3.05, 3.63) is 0 Å². The van der Waals surface area contributed by atoms with Crippen molar-refractivity contribution in [2.45, 2.75) is 39.3 Å². The molecule has 1 rings (SSSR count). The minimum absolute atomic E-state index is 0.321. The molecular formula is C8H15F. The Morgan fingerprint density at radius 3 is 2.33 bits per heavy atom. The van der Waals surface area contributed by atoms with E-state index in [1.54, 1.807) is 0 Å².